The highest BCUT2D eigenvalue weighted by Gasteiger charge is 2.17. The summed E-state index contributed by atoms with van der Waals surface area (Å²) in [7, 11) is 0. The molecule has 0 radical (unpaired) electrons. The molecule has 0 heterocycles. The van der Waals surface area contributed by atoms with Crippen LogP contribution >= 0.6 is 0 Å². The van der Waals surface area contributed by atoms with Crippen LogP contribution in [0.4, 0.5) is 8.78 Å². The van der Waals surface area contributed by atoms with Crippen molar-refractivity contribution < 1.29 is 8.78 Å². The molecular weight excluding hydrogens is 98.1 g/mol. The Morgan fingerprint density at radius 2 is 2.14 bits per heavy atom. The molecule has 0 aliphatic heterocycles. The highest BCUT2D eigenvalue weighted by Crippen LogP contribution is 2.14. The molecule has 0 aliphatic carbocycles. The first-order valence-electron chi connectivity index (χ1n) is 1.87. The maximum absolute atomic E-state index is 11.6. The summed E-state index contributed by atoms with van der Waals surface area (Å²) < 4.78 is 23.2. The van der Waals surface area contributed by atoms with Crippen LogP contribution in [0.15, 0.2) is 0 Å². The van der Waals surface area contributed by atoms with E-state index in [1.165, 1.54) is 0 Å². The van der Waals surface area contributed by atoms with Crippen molar-refractivity contribution >= 4 is 0 Å². The molecule has 0 aliphatic rings. The smallest absolute Gasteiger partial charge is 0.206 e. The van der Waals surface area contributed by atoms with E-state index < -0.39 is 12.3 Å². The topological polar surface area (TPSA) is 0 Å². The van der Waals surface area contributed by atoms with E-state index in [2.05, 4.69) is 6.42 Å². The van der Waals surface area contributed by atoms with Gasteiger partial charge in [-0.15, -0.1) is 12.3 Å². The quantitative estimate of drug-likeness (QED) is 0.444. The molecule has 0 saturated heterocycles. The van der Waals surface area contributed by atoms with Crippen molar-refractivity contribution in [3.8, 4) is 12.3 Å². The number of hydrogen-bond acceptors (Lipinski definition) is 0. The van der Waals surface area contributed by atoms with Gasteiger partial charge >= 0.3 is 0 Å². The molecule has 0 atom stereocenters. The minimum atomic E-state index is -2.69. The first-order valence-corrected chi connectivity index (χ1v) is 1.87. The predicted molar refractivity (Wildman–Crippen MR) is 24.1 cm³/mol. The van der Waals surface area contributed by atoms with Crippen LogP contribution in [-0.2, 0) is 0 Å². The van der Waals surface area contributed by atoms with Gasteiger partial charge in [-0.3, -0.25) is 0 Å². The molecular formula is C5H6F2. The van der Waals surface area contributed by atoms with Crippen molar-refractivity contribution in [3.63, 3.8) is 0 Å². The SMILES string of the molecule is C#CCC(C)(F)F. The first kappa shape index (κ1) is 6.42. The normalized spacial score (nSPS) is 10.6. The lowest BCUT2D eigenvalue weighted by molar-refractivity contribution is 0.0279. The molecule has 0 amide bonds. The van der Waals surface area contributed by atoms with Crippen LogP contribution in [0.5, 0.6) is 0 Å². The summed E-state index contributed by atoms with van der Waals surface area (Å²) in [6.07, 6.45) is 4.12. The Hall–Kier alpha value is -0.580. The molecule has 0 aromatic carbocycles. The fraction of sp³-hybridized carbons (Fsp3) is 0.600. The van der Waals surface area contributed by atoms with E-state index in [9.17, 15) is 8.78 Å². The zero-order valence-electron chi connectivity index (χ0n) is 4.04. The fourth-order valence-corrected chi connectivity index (χ4v) is 0.179. The Kier molecular flexibility index (Phi) is 1.76. The van der Waals surface area contributed by atoms with Gasteiger partial charge in [0.05, 0.1) is 6.42 Å². The van der Waals surface area contributed by atoms with Gasteiger partial charge in [-0.05, 0) is 0 Å². The second-order valence-electron chi connectivity index (χ2n) is 1.45. The monoisotopic (exact) mass is 104 g/mol. The Morgan fingerprint density at radius 1 is 1.71 bits per heavy atom. The molecule has 0 bridgehead atoms. The van der Waals surface area contributed by atoms with Crippen LogP contribution in [-0.4, -0.2) is 5.92 Å². The fourth-order valence-electron chi connectivity index (χ4n) is 0.179. The van der Waals surface area contributed by atoms with E-state index >= 15 is 0 Å². The van der Waals surface area contributed by atoms with Gasteiger partial charge in [-0.2, -0.15) is 0 Å². The molecule has 0 aromatic rings. The van der Waals surface area contributed by atoms with E-state index in [1.54, 1.807) is 0 Å². The summed E-state index contributed by atoms with van der Waals surface area (Å²) in [5.74, 6) is -0.828. The molecule has 0 fully saturated rings. The van der Waals surface area contributed by atoms with Gasteiger partial charge in [0.25, 0.3) is 5.92 Å². The van der Waals surface area contributed by atoms with Crippen LogP contribution < -0.4 is 0 Å². The zero-order valence-corrected chi connectivity index (χ0v) is 4.04. The van der Waals surface area contributed by atoms with Gasteiger partial charge in [-0.1, -0.05) is 0 Å². The van der Waals surface area contributed by atoms with Crippen molar-refractivity contribution in [2.45, 2.75) is 19.3 Å². The molecule has 2 heteroatoms. The molecule has 0 spiro atoms. The van der Waals surface area contributed by atoms with Gasteiger partial charge in [-0.25, -0.2) is 8.78 Å². The third-order valence-electron chi connectivity index (χ3n) is 0.412. The summed E-state index contributed by atoms with van der Waals surface area (Å²) in [6.45, 7) is 0.798. The van der Waals surface area contributed by atoms with Crippen LogP contribution in [0.3, 0.4) is 0 Å². The molecule has 0 saturated carbocycles. The first-order chi connectivity index (χ1) is 3.06. The Balaban J connectivity index is 3.40. The van der Waals surface area contributed by atoms with Crippen molar-refractivity contribution in [1.82, 2.24) is 0 Å². The number of halogens is 2. The second kappa shape index (κ2) is 1.92. The maximum atomic E-state index is 11.6. The molecule has 0 rings (SSSR count). The number of rotatable bonds is 1. The number of alkyl halides is 2. The van der Waals surface area contributed by atoms with E-state index in [4.69, 9.17) is 0 Å². The van der Waals surface area contributed by atoms with E-state index in [-0.39, 0.29) is 0 Å². The summed E-state index contributed by atoms with van der Waals surface area (Å²) in [6, 6.07) is 0. The average Bonchev–Trinajstić information content (AvgIpc) is 1.30. The molecule has 7 heavy (non-hydrogen) atoms. The Bertz CT molecular complexity index is 83.2. The van der Waals surface area contributed by atoms with E-state index in [0.29, 0.717) is 0 Å². The van der Waals surface area contributed by atoms with E-state index in [1.807, 2.05) is 5.92 Å². The Labute approximate surface area is 41.5 Å². The third-order valence-corrected chi connectivity index (χ3v) is 0.412. The molecule has 0 nitrogen and oxygen atoms in total. The minimum absolute atomic E-state index is 0.465. The van der Waals surface area contributed by atoms with E-state index in [0.717, 1.165) is 6.92 Å². The minimum Gasteiger partial charge on any atom is -0.206 e. The lowest BCUT2D eigenvalue weighted by Crippen LogP contribution is -2.06. The van der Waals surface area contributed by atoms with Crippen LogP contribution in [0.25, 0.3) is 0 Å². The third kappa shape index (κ3) is 5.42. The summed E-state index contributed by atoms with van der Waals surface area (Å²) in [5, 5.41) is 0. The lowest BCUT2D eigenvalue weighted by Gasteiger charge is -2.01. The zero-order chi connectivity index (χ0) is 5.91. The van der Waals surface area contributed by atoms with Crippen molar-refractivity contribution in [3.05, 3.63) is 0 Å². The lowest BCUT2D eigenvalue weighted by atomic mass is 10.3. The molecule has 0 N–H and O–H groups in total. The largest absolute Gasteiger partial charge is 0.256 e. The molecule has 0 aromatic heterocycles. The standard InChI is InChI=1S/C5H6F2/c1-3-4-5(2,6)7/h1H,4H2,2H3. The van der Waals surface area contributed by atoms with Crippen LogP contribution in [0, 0.1) is 12.3 Å². The van der Waals surface area contributed by atoms with Crippen molar-refractivity contribution in [1.29, 1.82) is 0 Å². The Morgan fingerprint density at radius 3 is 2.14 bits per heavy atom. The second-order valence-corrected chi connectivity index (χ2v) is 1.45. The maximum Gasteiger partial charge on any atom is 0.256 e. The highest BCUT2D eigenvalue weighted by molar-refractivity contribution is 4.88. The predicted octanol–water partition coefficient (Wildman–Crippen LogP) is 1.66. The highest BCUT2D eigenvalue weighted by atomic mass is 19.3. The molecule has 0 unspecified atom stereocenters. The number of hydrogen-bond donors (Lipinski definition) is 0. The average molecular weight is 104 g/mol. The molecule has 40 valence electrons. The van der Waals surface area contributed by atoms with Crippen LogP contribution in [0.2, 0.25) is 0 Å². The summed E-state index contributed by atoms with van der Waals surface area (Å²) in [5.41, 5.74) is 0. The van der Waals surface area contributed by atoms with Crippen molar-refractivity contribution in [2.24, 2.45) is 0 Å². The van der Waals surface area contributed by atoms with Gasteiger partial charge in [0, 0.05) is 6.92 Å². The number of terminal acetylenes is 1. The van der Waals surface area contributed by atoms with Gasteiger partial charge in [0.2, 0.25) is 0 Å². The van der Waals surface area contributed by atoms with Crippen LogP contribution in [0.1, 0.15) is 13.3 Å². The van der Waals surface area contributed by atoms with Gasteiger partial charge in [0.1, 0.15) is 0 Å². The summed E-state index contributed by atoms with van der Waals surface area (Å²) >= 11 is 0. The van der Waals surface area contributed by atoms with Gasteiger partial charge in [0.15, 0.2) is 0 Å². The van der Waals surface area contributed by atoms with Gasteiger partial charge < -0.3 is 0 Å². The summed E-state index contributed by atoms with van der Waals surface area (Å²) in [4.78, 5) is 0. The van der Waals surface area contributed by atoms with Crippen molar-refractivity contribution in [2.75, 3.05) is 0 Å².